The van der Waals surface area contributed by atoms with Crippen molar-refractivity contribution in [3.63, 3.8) is 0 Å². The summed E-state index contributed by atoms with van der Waals surface area (Å²) in [4.78, 5) is 27.5. The summed E-state index contributed by atoms with van der Waals surface area (Å²) in [5.74, 6) is 1.00. The highest BCUT2D eigenvalue weighted by atomic mass is 16.6. The summed E-state index contributed by atoms with van der Waals surface area (Å²) >= 11 is 0. The number of nitro groups is 1. The van der Waals surface area contributed by atoms with E-state index in [1.54, 1.807) is 60.0 Å². The van der Waals surface area contributed by atoms with Gasteiger partial charge in [0, 0.05) is 23.5 Å². The van der Waals surface area contributed by atoms with Crippen LogP contribution >= 0.6 is 0 Å². The number of anilines is 1. The molecule has 9 heteroatoms. The van der Waals surface area contributed by atoms with Crippen molar-refractivity contribution < 1.29 is 19.2 Å². The fourth-order valence-corrected chi connectivity index (χ4v) is 3.23. The number of hydrogen-bond donors (Lipinski definition) is 1. The summed E-state index contributed by atoms with van der Waals surface area (Å²) in [5, 5.41) is 13.8. The van der Waals surface area contributed by atoms with Gasteiger partial charge in [0.25, 0.3) is 11.6 Å². The third-order valence-electron chi connectivity index (χ3n) is 4.91. The van der Waals surface area contributed by atoms with E-state index in [2.05, 4.69) is 10.3 Å². The molecule has 1 N–H and O–H groups in total. The van der Waals surface area contributed by atoms with Gasteiger partial charge in [0.1, 0.15) is 17.1 Å². The van der Waals surface area contributed by atoms with Crippen LogP contribution in [0.5, 0.6) is 11.5 Å². The normalized spacial score (nSPS) is 11.7. The zero-order valence-corrected chi connectivity index (χ0v) is 18.1. The summed E-state index contributed by atoms with van der Waals surface area (Å²) in [5.41, 5.74) is 2.74. The number of imidazole rings is 1. The summed E-state index contributed by atoms with van der Waals surface area (Å²) in [7, 11) is 0. The molecule has 0 radical (unpaired) electrons. The van der Waals surface area contributed by atoms with Gasteiger partial charge in [-0.25, -0.2) is 4.98 Å². The maximum atomic E-state index is 12.5. The second-order valence-corrected chi connectivity index (χ2v) is 7.27. The lowest BCUT2D eigenvalue weighted by Gasteiger charge is -2.15. The molecule has 2 aromatic heterocycles. The number of fused-ring (bicyclic) bond motifs is 1. The zero-order valence-electron chi connectivity index (χ0n) is 18.1. The molecule has 4 rings (SSSR count). The number of amides is 1. The van der Waals surface area contributed by atoms with Gasteiger partial charge in [0.05, 0.1) is 23.4 Å². The number of hydrogen-bond acceptors (Lipinski definition) is 6. The zero-order chi connectivity index (χ0) is 23.4. The van der Waals surface area contributed by atoms with Gasteiger partial charge in [0.15, 0.2) is 6.10 Å². The van der Waals surface area contributed by atoms with E-state index >= 15 is 0 Å². The first kappa shape index (κ1) is 21.8. The number of benzene rings is 2. The van der Waals surface area contributed by atoms with E-state index in [1.165, 1.54) is 12.3 Å². The Balaban J connectivity index is 1.40. The highest BCUT2D eigenvalue weighted by Gasteiger charge is 2.15. The van der Waals surface area contributed by atoms with Crippen LogP contribution in [-0.2, 0) is 4.79 Å². The Morgan fingerprint density at radius 3 is 2.42 bits per heavy atom. The molecular weight excluding hydrogens is 424 g/mol. The third-order valence-corrected chi connectivity index (χ3v) is 4.91. The van der Waals surface area contributed by atoms with Gasteiger partial charge < -0.3 is 14.8 Å². The molecule has 1 unspecified atom stereocenters. The Bertz CT molecular complexity index is 1280. The molecule has 2 heterocycles. The van der Waals surface area contributed by atoms with Gasteiger partial charge in [-0.05, 0) is 68.4 Å². The molecule has 0 aliphatic heterocycles. The lowest BCUT2D eigenvalue weighted by Crippen LogP contribution is -2.30. The molecule has 0 fully saturated rings. The Kier molecular flexibility index (Phi) is 6.21. The first-order valence-electron chi connectivity index (χ1n) is 10.4. The predicted octanol–water partition coefficient (Wildman–Crippen LogP) is 4.71. The van der Waals surface area contributed by atoms with Gasteiger partial charge in [-0.3, -0.25) is 19.3 Å². The smallest absolute Gasteiger partial charge is 0.286 e. The lowest BCUT2D eigenvalue weighted by atomic mass is 10.1. The van der Waals surface area contributed by atoms with Crippen molar-refractivity contribution in [3.05, 3.63) is 83.2 Å². The minimum absolute atomic E-state index is 0.00676. The van der Waals surface area contributed by atoms with Crippen LogP contribution in [0.15, 0.2) is 73.1 Å². The molecule has 9 nitrogen and oxygen atoms in total. The van der Waals surface area contributed by atoms with Crippen LogP contribution < -0.4 is 14.8 Å². The summed E-state index contributed by atoms with van der Waals surface area (Å²) in [6.45, 7) is 4.16. The average Bonchev–Trinajstić information content (AvgIpc) is 3.24. The van der Waals surface area contributed by atoms with Crippen LogP contribution in [0.4, 0.5) is 11.4 Å². The van der Waals surface area contributed by atoms with Crippen molar-refractivity contribution in [2.45, 2.75) is 20.0 Å². The Hall–Kier alpha value is -4.40. The van der Waals surface area contributed by atoms with E-state index in [0.717, 1.165) is 11.3 Å². The van der Waals surface area contributed by atoms with Crippen molar-refractivity contribution in [1.29, 1.82) is 0 Å². The monoisotopic (exact) mass is 446 g/mol. The highest BCUT2D eigenvalue weighted by molar-refractivity contribution is 5.94. The molecule has 168 valence electrons. The Morgan fingerprint density at radius 1 is 1.06 bits per heavy atom. The van der Waals surface area contributed by atoms with Crippen molar-refractivity contribution in [2.24, 2.45) is 0 Å². The molecule has 33 heavy (non-hydrogen) atoms. The number of pyridine rings is 1. The fourth-order valence-electron chi connectivity index (χ4n) is 3.23. The largest absolute Gasteiger partial charge is 0.494 e. The number of carbonyl (C=O) groups is 1. The van der Waals surface area contributed by atoms with E-state index < -0.39 is 11.0 Å². The highest BCUT2D eigenvalue weighted by Crippen LogP contribution is 2.24. The SMILES string of the molecule is CCOc1ccc(NC(=O)C(C)Oc2ccc(-c3cn4cc([N+](=O)[O-])ccc4n3)cc2)cc1. The third kappa shape index (κ3) is 5.09. The topological polar surface area (TPSA) is 108 Å². The predicted molar refractivity (Wildman–Crippen MR) is 124 cm³/mol. The van der Waals surface area contributed by atoms with Crippen molar-refractivity contribution >= 4 is 22.9 Å². The average molecular weight is 446 g/mol. The number of rotatable bonds is 8. The van der Waals surface area contributed by atoms with Gasteiger partial charge in [-0.2, -0.15) is 0 Å². The molecular formula is C24H22N4O5. The van der Waals surface area contributed by atoms with E-state index in [9.17, 15) is 14.9 Å². The molecule has 2 aromatic carbocycles. The van der Waals surface area contributed by atoms with Crippen LogP contribution in [0.25, 0.3) is 16.9 Å². The van der Waals surface area contributed by atoms with Crippen LogP contribution in [-0.4, -0.2) is 32.9 Å². The van der Waals surface area contributed by atoms with E-state index in [-0.39, 0.29) is 11.6 Å². The second-order valence-electron chi connectivity index (χ2n) is 7.27. The van der Waals surface area contributed by atoms with Crippen molar-refractivity contribution in [1.82, 2.24) is 9.38 Å². The van der Waals surface area contributed by atoms with Gasteiger partial charge in [0.2, 0.25) is 0 Å². The van der Waals surface area contributed by atoms with Crippen molar-refractivity contribution in [3.8, 4) is 22.8 Å². The van der Waals surface area contributed by atoms with Crippen LogP contribution in [0.3, 0.4) is 0 Å². The summed E-state index contributed by atoms with van der Waals surface area (Å²) in [6.07, 6.45) is 2.44. The van der Waals surface area contributed by atoms with Crippen molar-refractivity contribution in [2.75, 3.05) is 11.9 Å². The molecule has 4 aromatic rings. The number of nitrogens with one attached hydrogen (secondary N) is 1. The number of aromatic nitrogens is 2. The molecule has 0 saturated carbocycles. The number of nitrogens with zero attached hydrogens (tertiary/aromatic N) is 3. The minimum Gasteiger partial charge on any atom is -0.494 e. The molecule has 0 bridgehead atoms. The van der Waals surface area contributed by atoms with Crippen LogP contribution in [0.1, 0.15) is 13.8 Å². The Morgan fingerprint density at radius 2 is 1.76 bits per heavy atom. The van der Waals surface area contributed by atoms with Gasteiger partial charge in [-0.15, -0.1) is 0 Å². The second kappa shape index (κ2) is 9.39. The van der Waals surface area contributed by atoms with Crippen LogP contribution in [0.2, 0.25) is 0 Å². The Labute approximate surface area is 189 Å². The van der Waals surface area contributed by atoms with Gasteiger partial charge in [-0.1, -0.05) is 0 Å². The van der Waals surface area contributed by atoms with Gasteiger partial charge >= 0.3 is 0 Å². The summed E-state index contributed by atoms with van der Waals surface area (Å²) < 4.78 is 12.8. The van der Waals surface area contributed by atoms with Crippen LogP contribution in [0, 0.1) is 10.1 Å². The fraction of sp³-hybridized carbons (Fsp3) is 0.167. The standard InChI is InChI=1S/C24H22N4O5/c1-3-32-20-11-6-18(7-12-20)25-24(29)16(2)33-21-9-4-17(5-10-21)22-15-27-14-19(28(30)31)8-13-23(27)26-22/h4-16H,3H2,1-2H3,(H,25,29). The van der Waals surface area contributed by atoms with E-state index in [4.69, 9.17) is 9.47 Å². The molecule has 1 atom stereocenters. The quantitative estimate of drug-likeness (QED) is 0.310. The number of carbonyl (C=O) groups excluding carboxylic acids is 1. The first-order valence-corrected chi connectivity index (χ1v) is 10.4. The van der Waals surface area contributed by atoms with E-state index in [0.29, 0.717) is 29.4 Å². The first-order chi connectivity index (χ1) is 15.9. The lowest BCUT2D eigenvalue weighted by molar-refractivity contribution is -0.385. The molecule has 0 aliphatic rings. The van der Waals surface area contributed by atoms with E-state index in [1.807, 2.05) is 19.1 Å². The molecule has 0 spiro atoms. The minimum atomic E-state index is -0.710. The molecule has 0 aliphatic carbocycles. The maximum Gasteiger partial charge on any atom is 0.286 e. The number of ether oxygens (including phenoxy) is 2. The molecule has 0 saturated heterocycles. The molecule has 1 amide bonds. The maximum absolute atomic E-state index is 12.5. The summed E-state index contributed by atoms with van der Waals surface area (Å²) in [6, 6.07) is 17.3.